The van der Waals surface area contributed by atoms with E-state index in [0.29, 0.717) is 5.56 Å². The Morgan fingerprint density at radius 2 is 1.93 bits per heavy atom. The first-order chi connectivity index (χ1) is 7.09. The molecule has 0 saturated carbocycles. The lowest BCUT2D eigenvalue weighted by Crippen LogP contribution is -2.22. The summed E-state index contributed by atoms with van der Waals surface area (Å²) in [5.74, 6) is -1.01. The van der Waals surface area contributed by atoms with Crippen LogP contribution in [0.4, 0.5) is 4.79 Å². The van der Waals surface area contributed by atoms with E-state index < -0.39 is 12.1 Å². The number of hydrogen-bond acceptors (Lipinski definition) is 2. The molecule has 0 bridgehead atoms. The summed E-state index contributed by atoms with van der Waals surface area (Å²) in [6.07, 6.45) is -1.03. The molecule has 0 radical (unpaired) electrons. The topological polar surface area (TPSA) is 77.8 Å². The summed E-state index contributed by atoms with van der Waals surface area (Å²) < 4.78 is 0. The van der Waals surface area contributed by atoms with Crippen LogP contribution in [0, 0.1) is 0 Å². The summed E-state index contributed by atoms with van der Waals surface area (Å²) in [5.41, 5.74) is 1.57. The van der Waals surface area contributed by atoms with Crippen LogP contribution in [0.25, 0.3) is 0 Å². The van der Waals surface area contributed by atoms with Crippen LogP contribution in [-0.4, -0.2) is 27.2 Å². The third kappa shape index (κ3) is 1.52. The van der Waals surface area contributed by atoms with Gasteiger partial charge in [0.2, 0.25) is 0 Å². The maximum absolute atomic E-state index is 10.9. The van der Waals surface area contributed by atoms with Gasteiger partial charge in [-0.05, 0) is 17.2 Å². The lowest BCUT2D eigenvalue weighted by atomic mass is 10.0. The molecular weight excluding hydrogens is 198 g/mol. The molecule has 1 aliphatic heterocycles. The van der Waals surface area contributed by atoms with E-state index in [4.69, 9.17) is 10.2 Å². The molecule has 0 fully saturated rings. The highest BCUT2D eigenvalue weighted by Gasteiger charge is 2.26. The van der Waals surface area contributed by atoms with Crippen molar-refractivity contribution in [3.8, 4) is 0 Å². The molecule has 1 aliphatic rings. The van der Waals surface area contributed by atoms with E-state index >= 15 is 0 Å². The van der Waals surface area contributed by atoms with Gasteiger partial charge in [-0.3, -0.25) is 4.90 Å². The van der Waals surface area contributed by atoms with Gasteiger partial charge in [-0.1, -0.05) is 12.1 Å². The summed E-state index contributed by atoms with van der Waals surface area (Å²) >= 11 is 0. The minimum Gasteiger partial charge on any atom is -0.478 e. The first-order valence-electron chi connectivity index (χ1n) is 4.41. The van der Waals surface area contributed by atoms with Crippen LogP contribution in [0.1, 0.15) is 21.5 Å². The molecule has 0 atom stereocenters. The zero-order valence-electron chi connectivity index (χ0n) is 7.80. The van der Waals surface area contributed by atoms with Gasteiger partial charge in [0.15, 0.2) is 0 Å². The van der Waals surface area contributed by atoms with E-state index in [-0.39, 0.29) is 18.7 Å². The number of carbonyl (C=O) groups is 2. The molecule has 5 heteroatoms. The van der Waals surface area contributed by atoms with Crippen molar-refractivity contribution in [3.63, 3.8) is 0 Å². The predicted octanol–water partition coefficient (Wildman–Crippen LogP) is 1.38. The Morgan fingerprint density at radius 1 is 1.20 bits per heavy atom. The highest BCUT2D eigenvalue weighted by Crippen LogP contribution is 2.25. The molecule has 1 heterocycles. The number of rotatable bonds is 1. The fourth-order valence-corrected chi connectivity index (χ4v) is 1.76. The van der Waals surface area contributed by atoms with Crippen molar-refractivity contribution in [2.24, 2.45) is 0 Å². The Labute approximate surface area is 85.6 Å². The van der Waals surface area contributed by atoms with Crippen LogP contribution in [0.5, 0.6) is 0 Å². The monoisotopic (exact) mass is 207 g/mol. The van der Waals surface area contributed by atoms with Crippen molar-refractivity contribution >= 4 is 12.1 Å². The molecule has 0 unspecified atom stereocenters. The zero-order valence-corrected chi connectivity index (χ0v) is 7.80. The highest BCUT2D eigenvalue weighted by atomic mass is 16.4. The summed E-state index contributed by atoms with van der Waals surface area (Å²) in [6.45, 7) is 0.429. The van der Waals surface area contributed by atoms with Crippen molar-refractivity contribution < 1.29 is 19.8 Å². The predicted molar refractivity (Wildman–Crippen MR) is 50.7 cm³/mol. The molecule has 15 heavy (non-hydrogen) atoms. The molecule has 1 aromatic carbocycles. The molecule has 1 amide bonds. The van der Waals surface area contributed by atoms with Gasteiger partial charge >= 0.3 is 12.1 Å². The molecule has 2 rings (SSSR count). The molecule has 0 saturated heterocycles. The second-order valence-corrected chi connectivity index (χ2v) is 3.39. The summed E-state index contributed by atoms with van der Waals surface area (Å²) in [4.78, 5) is 22.8. The van der Waals surface area contributed by atoms with Gasteiger partial charge in [0.1, 0.15) is 0 Å². The molecular formula is C10H9NO4. The number of aromatic carboxylic acids is 1. The van der Waals surface area contributed by atoms with Crippen molar-refractivity contribution in [1.29, 1.82) is 0 Å². The average Bonchev–Trinajstić information content (AvgIpc) is 2.60. The van der Waals surface area contributed by atoms with Gasteiger partial charge in [0.25, 0.3) is 0 Å². The Morgan fingerprint density at radius 3 is 2.53 bits per heavy atom. The van der Waals surface area contributed by atoms with Crippen LogP contribution >= 0.6 is 0 Å². The maximum Gasteiger partial charge on any atom is 0.407 e. The van der Waals surface area contributed by atoms with Gasteiger partial charge in [0, 0.05) is 6.54 Å². The number of benzene rings is 1. The Bertz CT molecular complexity index is 441. The van der Waals surface area contributed by atoms with Gasteiger partial charge < -0.3 is 10.2 Å². The van der Waals surface area contributed by atoms with E-state index in [2.05, 4.69) is 0 Å². The van der Waals surface area contributed by atoms with Crippen LogP contribution in [0.3, 0.4) is 0 Å². The van der Waals surface area contributed by atoms with E-state index in [1.54, 1.807) is 12.1 Å². The van der Waals surface area contributed by atoms with E-state index in [1.165, 1.54) is 11.0 Å². The van der Waals surface area contributed by atoms with Gasteiger partial charge in [-0.25, -0.2) is 9.59 Å². The largest absolute Gasteiger partial charge is 0.478 e. The smallest absolute Gasteiger partial charge is 0.407 e. The number of carboxylic acid groups (broad SMARTS) is 2. The third-order valence-electron chi connectivity index (χ3n) is 2.48. The second kappa shape index (κ2) is 3.27. The summed E-state index contributed by atoms with van der Waals surface area (Å²) in [5, 5.41) is 17.7. The molecule has 0 spiro atoms. The van der Waals surface area contributed by atoms with E-state index in [0.717, 1.165) is 5.56 Å². The van der Waals surface area contributed by atoms with E-state index in [1.807, 2.05) is 0 Å². The minimum absolute atomic E-state index is 0.160. The number of fused-ring (bicyclic) bond motifs is 1. The second-order valence-electron chi connectivity index (χ2n) is 3.39. The number of hydrogen-bond donors (Lipinski definition) is 2. The quantitative estimate of drug-likeness (QED) is 0.729. The first kappa shape index (κ1) is 9.51. The number of amides is 1. The standard InChI is InChI=1S/C10H9NO4/c12-9(13)7-3-1-2-6-4-11(10(14)15)5-8(6)7/h1-3H,4-5H2,(H,12,13)(H,14,15). The van der Waals surface area contributed by atoms with Crippen molar-refractivity contribution in [1.82, 2.24) is 4.90 Å². The highest BCUT2D eigenvalue weighted by molar-refractivity contribution is 5.90. The molecule has 78 valence electrons. The third-order valence-corrected chi connectivity index (χ3v) is 2.48. The molecule has 2 N–H and O–H groups in total. The lowest BCUT2D eigenvalue weighted by molar-refractivity contribution is 0.0694. The summed E-state index contributed by atoms with van der Waals surface area (Å²) in [7, 11) is 0. The Kier molecular flexibility index (Phi) is 2.07. The lowest BCUT2D eigenvalue weighted by Gasteiger charge is -2.08. The minimum atomic E-state index is -1.03. The first-order valence-corrected chi connectivity index (χ1v) is 4.41. The summed E-state index contributed by atoms with van der Waals surface area (Å²) in [6, 6.07) is 4.88. The fourth-order valence-electron chi connectivity index (χ4n) is 1.76. The Hall–Kier alpha value is -2.04. The molecule has 5 nitrogen and oxygen atoms in total. The maximum atomic E-state index is 10.9. The SMILES string of the molecule is O=C(O)c1cccc2c1CN(C(=O)O)C2. The van der Waals surface area contributed by atoms with Crippen LogP contribution in [0.15, 0.2) is 18.2 Å². The fraction of sp³-hybridized carbons (Fsp3) is 0.200. The number of carboxylic acids is 1. The van der Waals surface area contributed by atoms with Gasteiger partial charge in [-0.15, -0.1) is 0 Å². The van der Waals surface area contributed by atoms with Crippen LogP contribution < -0.4 is 0 Å². The average molecular weight is 207 g/mol. The number of nitrogens with zero attached hydrogens (tertiary/aromatic N) is 1. The van der Waals surface area contributed by atoms with Gasteiger partial charge in [-0.2, -0.15) is 0 Å². The van der Waals surface area contributed by atoms with Crippen molar-refractivity contribution in [3.05, 3.63) is 34.9 Å². The van der Waals surface area contributed by atoms with Crippen molar-refractivity contribution in [2.45, 2.75) is 13.1 Å². The van der Waals surface area contributed by atoms with Gasteiger partial charge in [0.05, 0.1) is 12.1 Å². The van der Waals surface area contributed by atoms with Crippen LogP contribution in [0.2, 0.25) is 0 Å². The molecule has 1 aromatic rings. The van der Waals surface area contributed by atoms with Crippen molar-refractivity contribution in [2.75, 3.05) is 0 Å². The molecule has 0 aromatic heterocycles. The zero-order chi connectivity index (χ0) is 11.0. The Balaban J connectivity index is 2.41. The van der Waals surface area contributed by atoms with Crippen LogP contribution in [-0.2, 0) is 13.1 Å². The molecule has 0 aliphatic carbocycles. The normalized spacial score (nSPS) is 13.7. The van der Waals surface area contributed by atoms with E-state index in [9.17, 15) is 9.59 Å².